The number of carbonyl (C=O) groups excluding carboxylic acids is 1. The smallest absolute Gasteiger partial charge is 0.333 e. The van der Waals surface area contributed by atoms with Gasteiger partial charge in [0.15, 0.2) is 0 Å². The molecule has 10 nitrogen and oxygen atoms in total. The number of fused-ring (bicyclic) bond motifs is 2. The van der Waals surface area contributed by atoms with Crippen LogP contribution in [0.4, 0.5) is 8.78 Å². The lowest BCUT2D eigenvalue weighted by Crippen LogP contribution is -2.47. The number of hydrogen-bond donors (Lipinski definition) is 1. The van der Waals surface area contributed by atoms with Crippen LogP contribution in [0.1, 0.15) is 61.1 Å². The van der Waals surface area contributed by atoms with Crippen molar-refractivity contribution >= 4 is 22.6 Å². The summed E-state index contributed by atoms with van der Waals surface area (Å²) in [5.41, 5.74) is -0.0663. The first-order valence-electron chi connectivity index (χ1n) is 13.2. The van der Waals surface area contributed by atoms with E-state index in [2.05, 4.69) is 20.2 Å². The maximum atomic E-state index is 14.1. The van der Waals surface area contributed by atoms with E-state index in [1.54, 1.807) is 4.57 Å². The summed E-state index contributed by atoms with van der Waals surface area (Å²) in [6, 6.07) is 3.28. The summed E-state index contributed by atoms with van der Waals surface area (Å²) in [7, 11) is 2.03. The van der Waals surface area contributed by atoms with Gasteiger partial charge in [-0.3, -0.25) is 18.7 Å². The minimum absolute atomic E-state index is 0.104. The Bertz CT molecular complexity index is 1680. The van der Waals surface area contributed by atoms with Crippen molar-refractivity contribution in [2.75, 3.05) is 20.1 Å². The predicted molar refractivity (Wildman–Crippen MR) is 140 cm³/mol. The van der Waals surface area contributed by atoms with E-state index < -0.39 is 22.9 Å². The lowest BCUT2D eigenvalue weighted by atomic mass is 9.90. The van der Waals surface area contributed by atoms with Crippen LogP contribution >= 0.6 is 0 Å². The van der Waals surface area contributed by atoms with Crippen molar-refractivity contribution in [1.82, 2.24) is 33.7 Å². The molecule has 0 aromatic carbocycles. The summed E-state index contributed by atoms with van der Waals surface area (Å²) in [4.78, 5) is 50.7. The highest BCUT2D eigenvalue weighted by atomic mass is 19.1. The molecule has 0 unspecified atom stereocenters. The highest BCUT2D eigenvalue weighted by Gasteiger charge is 2.30. The second kappa shape index (κ2) is 9.99. The molecular weight excluding hydrogens is 508 g/mol. The zero-order chi connectivity index (χ0) is 27.3. The Morgan fingerprint density at radius 1 is 0.949 bits per heavy atom. The van der Waals surface area contributed by atoms with Crippen molar-refractivity contribution in [2.45, 2.75) is 56.7 Å². The average Bonchev–Trinajstić information content (AvgIpc) is 3.35. The molecule has 204 valence electrons. The standard InChI is InChI=1S/C27H29F2N7O3/c1-33-10-8-20(9-11-33)35-24-21(12-17(29)13-30-24)26(38)36(27(35)39)19-5-3-18(4-6-19)31-25(37)22-15-34-14-16(28)2-7-23(34)32-22/h2,7,12-15,18-20H,3-6,8-11H2,1H3,(H,31,37). The lowest BCUT2D eigenvalue weighted by Gasteiger charge is -2.33. The third-order valence-corrected chi connectivity index (χ3v) is 8.02. The Labute approximate surface area is 221 Å². The molecule has 1 aliphatic heterocycles. The Hall–Kier alpha value is -3.93. The number of amides is 1. The second-order valence-electron chi connectivity index (χ2n) is 10.6. The molecule has 0 atom stereocenters. The third kappa shape index (κ3) is 4.73. The first-order valence-corrected chi connectivity index (χ1v) is 13.2. The average molecular weight is 538 g/mol. The van der Waals surface area contributed by atoms with E-state index in [-0.39, 0.29) is 40.8 Å². The highest BCUT2D eigenvalue weighted by Crippen LogP contribution is 2.29. The molecule has 1 aliphatic carbocycles. The van der Waals surface area contributed by atoms with Crippen LogP contribution in [0.25, 0.3) is 16.7 Å². The van der Waals surface area contributed by atoms with Crippen molar-refractivity contribution in [3.63, 3.8) is 0 Å². The molecule has 1 saturated carbocycles. The van der Waals surface area contributed by atoms with Gasteiger partial charge in [-0.2, -0.15) is 0 Å². The number of rotatable bonds is 4. The van der Waals surface area contributed by atoms with E-state index in [4.69, 9.17) is 0 Å². The number of halogens is 2. The minimum atomic E-state index is -0.624. The largest absolute Gasteiger partial charge is 0.348 e. The number of pyridine rings is 2. The zero-order valence-corrected chi connectivity index (χ0v) is 21.5. The maximum absolute atomic E-state index is 14.1. The number of aromatic nitrogens is 5. The zero-order valence-electron chi connectivity index (χ0n) is 21.5. The van der Waals surface area contributed by atoms with Crippen molar-refractivity contribution in [2.24, 2.45) is 0 Å². The molecular formula is C27H29F2N7O3. The Morgan fingerprint density at radius 2 is 1.67 bits per heavy atom. The van der Waals surface area contributed by atoms with Crippen LogP contribution in [-0.2, 0) is 0 Å². The van der Waals surface area contributed by atoms with Gasteiger partial charge in [0.2, 0.25) is 0 Å². The molecule has 4 aromatic heterocycles. The monoisotopic (exact) mass is 537 g/mol. The van der Waals surface area contributed by atoms with Crippen molar-refractivity contribution in [1.29, 1.82) is 0 Å². The van der Waals surface area contributed by atoms with E-state index in [1.165, 1.54) is 39.6 Å². The molecule has 1 amide bonds. The molecule has 2 aliphatic rings. The highest BCUT2D eigenvalue weighted by molar-refractivity contribution is 5.93. The van der Waals surface area contributed by atoms with E-state index >= 15 is 0 Å². The first-order chi connectivity index (χ1) is 18.8. The number of nitrogens with one attached hydrogen (secondary N) is 1. The summed E-state index contributed by atoms with van der Waals surface area (Å²) >= 11 is 0. The van der Waals surface area contributed by atoms with Crippen LogP contribution in [0.3, 0.4) is 0 Å². The molecule has 4 aromatic rings. The minimum Gasteiger partial charge on any atom is -0.348 e. The van der Waals surface area contributed by atoms with Gasteiger partial charge >= 0.3 is 5.69 Å². The van der Waals surface area contributed by atoms with Crippen molar-refractivity contribution in [3.05, 3.63) is 75.0 Å². The number of nitrogens with zero attached hydrogens (tertiary/aromatic N) is 6. The van der Waals surface area contributed by atoms with Crippen LogP contribution in [0, 0.1) is 11.6 Å². The van der Waals surface area contributed by atoms with E-state index in [0.29, 0.717) is 31.3 Å². The van der Waals surface area contributed by atoms with Crippen LogP contribution in [-0.4, -0.2) is 60.5 Å². The van der Waals surface area contributed by atoms with Gasteiger partial charge in [-0.15, -0.1) is 0 Å². The topological polar surface area (TPSA) is 107 Å². The number of piperidine rings is 1. The second-order valence-corrected chi connectivity index (χ2v) is 10.6. The van der Waals surface area contributed by atoms with Gasteiger partial charge in [-0.25, -0.2) is 23.5 Å². The van der Waals surface area contributed by atoms with Crippen LogP contribution in [0.5, 0.6) is 0 Å². The summed E-state index contributed by atoms with van der Waals surface area (Å²) < 4.78 is 32.0. The van der Waals surface area contributed by atoms with Gasteiger partial charge in [0.25, 0.3) is 11.5 Å². The van der Waals surface area contributed by atoms with Gasteiger partial charge in [-0.1, -0.05) is 0 Å². The van der Waals surface area contributed by atoms with Gasteiger partial charge in [-0.05, 0) is 76.9 Å². The summed E-state index contributed by atoms with van der Waals surface area (Å²) in [6.45, 7) is 1.62. The summed E-state index contributed by atoms with van der Waals surface area (Å²) in [5, 5.41) is 3.08. The quantitative estimate of drug-likeness (QED) is 0.429. The van der Waals surface area contributed by atoms with Gasteiger partial charge in [0.05, 0.1) is 11.6 Å². The SMILES string of the molecule is CN1CCC(n2c(=O)n(C3CCC(NC(=O)c4cn5cc(F)ccc5n4)CC3)c(=O)c3cc(F)cnc32)CC1. The first kappa shape index (κ1) is 25.4. The maximum Gasteiger partial charge on any atom is 0.333 e. The number of hydrogen-bond acceptors (Lipinski definition) is 6. The molecule has 12 heteroatoms. The molecule has 2 fully saturated rings. The fourth-order valence-electron chi connectivity index (χ4n) is 5.92. The molecule has 1 saturated heterocycles. The predicted octanol–water partition coefficient (Wildman–Crippen LogP) is 2.66. The van der Waals surface area contributed by atoms with Gasteiger partial charge in [0.1, 0.15) is 28.6 Å². The number of likely N-dealkylation sites (tertiary alicyclic amines) is 1. The number of carbonyl (C=O) groups is 1. The summed E-state index contributed by atoms with van der Waals surface area (Å²) in [6.07, 6.45) is 7.35. The Kier molecular flexibility index (Phi) is 6.49. The fourth-order valence-corrected chi connectivity index (χ4v) is 5.92. The van der Waals surface area contributed by atoms with Crippen molar-refractivity contribution in [3.8, 4) is 0 Å². The molecule has 0 radical (unpaired) electrons. The summed E-state index contributed by atoms with van der Waals surface area (Å²) in [5.74, 6) is -1.42. The molecule has 39 heavy (non-hydrogen) atoms. The van der Waals surface area contributed by atoms with Gasteiger partial charge in [0, 0.05) is 30.5 Å². The van der Waals surface area contributed by atoms with Gasteiger partial charge < -0.3 is 14.6 Å². The molecule has 6 rings (SSSR count). The van der Waals surface area contributed by atoms with Crippen LogP contribution in [0.15, 0.2) is 46.4 Å². The number of imidazole rings is 1. The van der Waals surface area contributed by atoms with Crippen molar-refractivity contribution < 1.29 is 13.6 Å². The third-order valence-electron chi connectivity index (χ3n) is 8.02. The normalized spacial score (nSPS) is 21.0. The Balaban J connectivity index is 1.24. The van der Waals surface area contributed by atoms with E-state index in [1.807, 2.05) is 7.05 Å². The molecule has 5 heterocycles. The van der Waals surface area contributed by atoms with Crippen LogP contribution in [0.2, 0.25) is 0 Å². The lowest BCUT2D eigenvalue weighted by molar-refractivity contribution is 0.0917. The van der Waals surface area contributed by atoms with Crippen LogP contribution < -0.4 is 16.6 Å². The Morgan fingerprint density at radius 3 is 2.41 bits per heavy atom. The fraction of sp³-hybridized carbons (Fsp3) is 0.444. The van der Waals surface area contributed by atoms with E-state index in [9.17, 15) is 23.2 Å². The molecule has 0 bridgehead atoms. The van der Waals surface area contributed by atoms with E-state index in [0.717, 1.165) is 32.1 Å². The molecule has 0 spiro atoms. The molecule has 1 N–H and O–H groups in total.